The Balaban J connectivity index is 5.17. The van der Waals surface area contributed by atoms with E-state index in [1.807, 2.05) is 13.8 Å². The van der Waals surface area contributed by atoms with Crippen molar-refractivity contribution in [2.24, 2.45) is 0 Å². The molecule has 27 heavy (non-hydrogen) atoms. The molecule has 0 heterocycles. The molecule has 0 saturated heterocycles. The largest absolute Gasteiger partial charge is 0.481 e. The van der Waals surface area contributed by atoms with Gasteiger partial charge in [-0.2, -0.15) is 21.9 Å². The van der Waals surface area contributed by atoms with Gasteiger partial charge in [0.1, 0.15) is 12.0 Å². The van der Waals surface area contributed by atoms with Crippen molar-refractivity contribution in [3.8, 4) is 0 Å². The first-order valence-electron chi connectivity index (χ1n) is 8.65. The number of halogens is 4. The van der Waals surface area contributed by atoms with Crippen LogP contribution in [0.1, 0.15) is 65.2 Å². The molecule has 0 rings (SSSR count). The molecule has 164 valence electrons. The highest BCUT2D eigenvalue weighted by Gasteiger charge is 2.57. The van der Waals surface area contributed by atoms with E-state index >= 15 is 0 Å². The zero-order valence-corrected chi connectivity index (χ0v) is 17.0. The van der Waals surface area contributed by atoms with E-state index in [1.54, 1.807) is 0 Å². The summed E-state index contributed by atoms with van der Waals surface area (Å²) in [4.78, 5) is 0. The lowest BCUT2D eigenvalue weighted by molar-refractivity contribution is -0.436. The highest BCUT2D eigenvalue weighted by Crippen LogP contribution is 2.40. The smallest absolute Gasteiger partial charge is 0.230 e. The van der Waals surface area contributed by atoms with Crippen LogP contribution in [0.3, 0.4) is 0 Å². The lowest BCUT2D eigenvalue weighted by Crippen LogP contribution is -2.48. The molecule has 0 unspecified atom stereocenters. The van der Waals surface area contributed by atoms with Gasteiger partial charge >= 0.3 is 20.9 Å². The molecule has 0 aliphatic heterocycles. The van der Waals surface area contributed by atoms with Crippen molar-refractivity contribution in [1.29, 1.82) is 0 Å². The van der Waals surface area contributed by atoms with E-state index in [0.29, 0.717) is 30.0 Å². The van der Waals surface area contributed by atoms with Crippen LogP contribution in [0.15, 0.2) is 0 Å². The Morgan fingerprint density at radius 3 is 1.81 bits per heavy atom. The first-order chi connectivity index (χ1) is 12.5. The molecule has 0 aliphatic carbocycles. The van der Waals surface area contributed by atoms with Crippen molar-refractivity contribution in [3.63, 3.8) is 0 Å². The van der Waals surface area contributed by atoms with Crippen molar-refractivity contribution in [3.05, 3.63) is 0 Å². The summed E-state index contributed by atoms with van der Waals surface area (Å²) in [6.45, 7) is 3.42. The van der Waals surface area contributed by atoms with E-state index in [9.17, 15) is 26.0 Å². The van der Waals surface area contributed by atoms with Crippen LogP contribution < -0.4 is 0 Å². The predicted molar refractivity (Wildman–Crippen MR) is 92.1 cm³/mol. The molecule has 0 aromatic carbocycles. The lowest BCUT2D eigenvalue weighted by Gasteiger charge is -2.28. The van der Waals surface area contributed by atoms with Gasteiger partial charge in [0.15, 0.2) is 0 Å². The van der Waals surface area contributed by atoms with Gasteiger partial charge in [-0.25, -0.2) is 18.4 Å². The molecule has 13 heteroatoms. The number of rotatable bonds is 17. The zero-order valence-electron chi connectivity index (χ0n) is 15.3. The van der Waals surface area contributed by atoms with Gasteiger partial charge in [-0.1, -0.05) is 57.4 Å². The SMILES string of the molecule is CCCCCCN(CCCCCC)S(=O)(=O)C(F)(F)OC(F)(F)SOOO. The molecular formula is C14H27F4NO6S2. The molecule has 0 atom stereocenters. The lowest BCUT2D eigenvalue weighted by atomic mass is 10.2. The Labute approximate surface area is 161 Å². The average Bonchev–Trinajstić information content (AvgIpc) is 2.57. The second kappa shape index (κ2) is 13.1. The van der Waals surface area contributed by atoms with Gasteiger partial charge in [-0.05, 0) is 12.8 Å². The maximum Gasteiger partial charge on any atom is 0.481 e. The molecule has 0 spiro atoms. The van der Waals surface area contributed by atoms with Crippen molar-refractivity contribution >= 4 is 22.1 Å². The number of nitrogens with zero attached hydrogens (tertiary/aromatic N) is 1. The minimum Gasteiger partial charge on any atom is -0.230 e. The van der Waals surface area contributed by atoms with Crippen LogP contribution in [0.25, 0.3) is 0 Å². The van der Waals surface area contributed by atoms with Gasteiger partial charge in [-0.3, -0.25) is 0 Å². The summed E-state index contributed by atoms with van der Waals surface area (Å²) in [6, 6.07) is 0. The first-order valence-corrected chi connectivity index (χ1v) is 10.8. The van der Waals surface area contributed by atoms with E-state index in [1.165, 1.54) is 0 Å². The van der Waals surface area contributed by atoms with Crippen LogP contribution in [0.4, 0.5) is 17.6 Å². The Morgan fingerprint density at radius 2 is 1.41 bits per heavy atom. The van der Waals surface area contributed by atoms with Gasteiger partial charge in [-0.15, -0.1) is 4.33 Å². The second-order valence-electron chi connectivity index (χ2n) is 5.78. The van der Waals surface area contributed by atoms with Crippen molar-refractivity contribution in [2.75, 3.05) is 13.1 Å². The van der Waals surface area contributed by atoms with E-state index in [4.69, 9.17) is 5.26 Å². The molecule has 0 aromatic heterocycles. The van der Waals surface area contributed by atoms with Gasteiger partial charge in [0.2, 0.25) is 0 Å². The molecule has 0 aliphatic rings. The number of ether oxygens (including phenoxy) is 1. The molecular weight excluding hydrogens is 418 g/mol. The molecule has 0 radical (unpaired) electrons. The van der Waals surface area contributed by atoms with Gasteiger partial charge < -0.3 is 0 Å². The number of alkyl halides is 4. The quantitative estimate of drug-likeness (QED) is 0.0845. The third-order valence-corrected chi connectivity index (χ3v) is 5.70. The fraction of sp³-hybridized carbons (Fsp3) is 1.00. The standard InChI is InChI=1S/C14H27F4NO6S2/c1-3-5-7-9-11-19(12-10-8-6-4-2)27(21,22)14(17,18)23-13(15,16)26-25-24-20/h20H,3-12H2,1-2H3. The van der Waals surface area contributed by atoms with Crippen molar-refractivity contribution < 1.29 is 45.3 Å². The van der Waals surface area contributed by atoms with Gasteiger partial charge in [0.25, 0.3) is 0 Å². The Bertz CT molecular complexity index is 484. The summed E-state index contributed by atoms with van der Waals surface area (Å²) in [5.74, 6) is 0. The molecule has 0 bridgehead atoms. The number of unbranched alkanes of at least 4 members (excludes halogenated alkanes) is 6. The predicted octanol–water partition coefficient (Wildman–Crippen LogP) is 4.97. The van der Waals surface area contributed by atoms with Crippen LogP contribution in [0.2, 0.25) is 0 Å². The second-order valence-corrected chi connectivity index (χ2v) is 8.50. The highest BCUT2D eigenvalue weighted by molar-refractivity contribution is 7.95. The molecule has 0 saturated carbocycles. The zero-order chi connectivity index (χ0) is 21.0. The van der Waals surface area contributed by atoms with Crippen molar-refractivity contribution in [2.45, 2.75) is 76.1 Å². The summed E-state index contributed by atoms with van der Waals surface area (Å²) in [7, 11) is -5.51. The summed E-state index contributed by atoms with van der Waals surface area (Å²) < 4.78 is 86.0. The van der Waals surface area contributed by atoms with E-state index in [-0.39, 0.29) is 13.1 Å². The van der Waals surface area contributed by atoms with Crippen molar-refractivity contribution in [1.82, 2.24) is 4.31 Å². The summed E-state index contributed by atoms with van der Waals surface area (Å²) in [6.07, 6.45) is 5.20. The van der Waals surface area contributed by atoms with Crippen LogP contribution in [0.5, 0.6) is 0 Å². The van der Waals surface area contributed by atoms with Crippen LogP contribution in [-0.4, -0.2) is 42.0 Å². The number of sulfonamides is 1. The fourth-order valence-corrected chi connectivity index (χ4v) is 3.75. The fourth-order valence-electron chi connectivity index (χ4n) is 2.20. The first kappa shape index (κ1) is 26.8. The third kappa shape index (κ3) is 10.2. The summed E-state index contributed by atoms with van der Waals surface area (Å²) in [5.41, 5.74) is -9.98. The molecule has 0 fully saturated rings. The minimum absolute atomic E-state index is 0.220. The Morgan fingerprint density at radius 1 is 0.926 bits per heavy atom. The van der Waals surface area contributed by atoms with Crippen LogP contribution >= 0.6 is 12.0 Å². The maximum absolute atomic E-state index is 14.0. The average molecular weight is 445 g/mol. The Kier molecular flexibility index (Phi) is 13.0. The monoisotopic (exact) mass is 445 g/mol. The molecule has 1 N–H and O–H groups in total. The highest BCUT2D eigenvalue weighted by atomic mass is 32.2. The topological polar surface area (TPSA) is 85.3 Å². The Hall–Kier alpha value is -0.180. The third-order valence-electron chi connectivity index (χ3n) is 3.56. The van der Waals surface area contributed by atoms with E-state index in [0.717, 1.165) is 25.7 Å². The molecule has 0 amide bonds. The summed E-state index contributed by atoms with van der Waals surface area (Å²) >= 11 is -1.11. The van der Waals surface area contributed by atoms with E-state index in [2.05, 4.69) is 14.1 Å². The maximum atomic E-state index is 14.0. The molecule has 7 nitrogen and oxygen atoms in total. The number of hydrogen-bond acceptors (Lipinski definition) is 7. The summed E-state index contributed by atoms with van der Waals surface area (Å²) in [5, 5.41) is 10.7. The minimum atomic E-state index is -5.51. The van der Waals surface area contributed by atoms with Gasteiger partial charge in [0.05, 0.1) is 0 Å². The van der Waals surface area contributed by atoms with Gasteiger partial charge in [0, 0.05) is 13.1 Å². The van der Waals surface area contributed by atoms with Crippen LogP contribution in [0, 0.1) is 0 Å². The normalized spacial score (nSPS) is 13.5. The van der Waals surface area contributed by atoms with Crippen LogP contribution in [-0.2, 0) is 24.1 Å². The van der Waals surface area contributed by atoms with E-state index < -0.39 is 32.9 Å². The molecule has 0 aromatic rings. The number of hydrogen-bond donors (Lipinski definition) is 1.